The summed E-state index contributed by atoms with van der Waals surface area (Å²) in [6.07, 6.45) is 0.503. The van der Waals surface area contributed by atoms with Gasteiger partial charge in [0.05, 0.1) is 0 Å². The molecule has 0 spiro atoms. The number of phenolic OH excluding ortho intramolecular Hbond substituents is 1. The summed E-state index contributed by atoms with van der Waals surface area (Å²) >= 11 is 0. The van der Waals surface area contributed by atoms with Crippen molar-refractivity contribution in [3.05, 3.63) is 28.8 Å². The number of hydrogen-bond acceptors (Lipinski definition) is 2. The summed E-state index contributed by atoms with van der Waals surface area (Å²) in [5.41, 5.74) is 0.334. The van der Waals surface area contributed by atoms with Crippen LogP contribution in [0, 0.1) is 11.6 Å². The van der Waals surface area contributed by atoms with Gasteiger partial charge in [0.1, 0.15) is 0 Å². The van der Waals surface area contributed by atoms with Crippen molar-refractivity contribution in [2.24, 2.45) is 0 Å². The minimum absolute atomic E-state index is 0.108. The average Bonchev–Trinajstić information content (AvgIpc) is 2.45. The second kappa shape index (κ2) is 2.52. The number of fused-ring (bicyclic) bond motifs is 1. The number of rotatable bonds is 0. The minimum Gasteiger partial charge on any atom is -0.505 e. The van der Waals surface area contributed by atoms with E-state index in [-0.39, 0.29) is 29.8 Å². The first-order valence-electron chi connectivity index (χ1n) is 3.84. The molecular weight excluding hydrogens is 178 g/mol. The molecule has 13 heavy (non-hydrogen) atoms. The molecule has 2 rings (SSSR count). The number of carbonyl (C=O) groups is 1. The van der Waals surface area contributed by atoms with E-state index in [2.05, 4.69) is 0 Å². The van der Waals surface area contributed by atoms with Crippen molar-refractivity contribution in [3.8, 4) is 5.75 Å². The maximum Gasteiger partial charge on any atom is 0.200 e. The molecule has 1 aromatic rings. The van der Waals surface area contributed by atoms with E-state index in [4.69, 9.17) is 5.11 Å². The van der Waals surface area contributed by atoms with Gasteiger partial charge in [-0.15, -0.1) is 0 Å². The van der Waals surface area contributed by atoms with Crippen molar-refractivity contribution < 1.29 is 18.7 Å². The van der Waals surface area contributed by atoms with Crippen LogP contribution in [0.25, 0.3) is 0 Å². The Balaban J connectivity index is 2.74. The van der Waals surface area contributed by atoms with Gasteiger partial charge in [0, 0.05) is 17.5 Å². The zero-order valence-corrected chi connectivity index (χ0v) is 6.60. The van der Waals surface area contributed by atoms with Crippen LogP contribution < -0.4 is 0 Å². The first-order chi connectivity index (χ1) is 6.11. The van der Waals surface area contributed by atoms with Crippen LogP contribution >= 0.6 is 0 Å². The summed E-state index contributed by atoms with van der Waals surface area (Å²) in [4.78, 5) is 11.1. The lowest BCUT2D eigenvalue weighted by Crippen LogP contribution is -1.95. The maximum absolute atomic E-state index is 12.8. The molecule has 0 fully saturated rings. The molecular formula is C9H6F2O2. The monoisotopic (exact) mass is 184 g/mol. The number of benzene rings is 1. The van der Waals surface area contributed by atoms with Gasteiger partial charge in [-0.2, -0.15) is 4.39 Å². The van der Waals surface area contributed by atoms with E-state index >= 15 is 0 Å². The first-order valence-corrected chi connectivity index (χ1v) is 3.84. The fourth-order valence-electron chi connectivity index (χ4n) is 1.53. The van der Waals surface area contributed by atoms with Crippen LogP contribution in [0.15, 0.2) is 6.07 Å². The Labute approximate surface area is 72.8 Å². The highest BCUT2D eigenvalue weighted by Gasteiger charge is 2.26. The molecule has 0 bridgehead atoms. The van der Waals surface area contributed by atoms with Gasteiger partial charge in [-0.25, -0.2) is 4.39 Å². The second-order valence-corrected chi connectivity index (χ2v) is 2.97. The largest absolute Gasteiger partial charge is 0.505 e. The standard InChI is InChI=1S/C9H6F2O2/c10-6-3-5-4(1-2-7(5)12)9(13)8(6)11/h3,13H,1-2H2. The molecule has 1 aliphatic carbocycles. The summed E-state index contributed by atoms with van der Waals surface area (Å²) in [5.74, 6) is -3.41. The van der Waals surface area contributed by atoms with Gasteiger partial charge in [0.25, 0.3) is 0 Å². The molecule has 0 saturated heterocycles. The van der Waals surface area contributed by atoms with E-state index in [1.165, 1.54) is 0 Å². The van der Waals surface area contributed by atoms with Crippen molar-refractivity contribution in [1.82, 2.24) is 0 Å². The first kappa shape index (κ1) is 8.16. The highest BCUT2D eigenvalue weighted by molar-refractivity contribution is 6.01. The highest BCUT2D eigenvalue weighted by atomic mass is 19.2. The molecule has 1 aromatic carbocycles. The molecule has 1 aliphatic rings. The van der Waals surface area contributed by atoms with Gasteiger partial charge in [-0.1, -0.05) is 0 Å². The number of hydrogen-bond donors (Lipinski definition) is 1. The number of halogens is 2. The number of phenols is 1. The Hall–Kier alpha value is -1.45. The summed E-state index contributed by atoms with van der Waals surface area (Å²) in [6.45, 7) is 0. The zero-order chi connectivity index (χ0) is 9.59. The smallest absolute Gasteiger partial charge is 0.200 e. The molecule has 68 valence electrons. The predicted octanol–water partition coefficient (Wildman–Crippen LogP) is 1.80. The van der Waals surface area contributed by atoms with Gasteiger partial charge in [0.2, 0.25) is 5.82 Å². The number of aromatic hydroxyl groups is 1. The normalized spacial score (nSPS) is 14.8. The molecule has 0 atom stereocenters. The van der Waals surface area contributed by atoms with Crippen molar-refractivity contribution in [1.29, 1.82) is 0 Å². The Morgan fingerprint density at radius 1 is 1.31 bits per heavy atom. The van der Waals surface area contributed by atoms with Gasteiger partial charge in [-0.05, 0) is 12.5 Å². The Bertz CT molecular complexity index is 399. The van der Waals surface area contributed by atoms with E-state index in [9.17, 15) is 13.6 Å². The maximum atomic E-state index is 12.8. The fraction of sp³-hybridized carbons (Fsp3) is 0.222. The molecule has 0 aliphatic heterocycles. The third kappa shape index (κ3) is 1.02. The molecule has 4 heteroatoms. The molecule has 0 amide bonds. The lowest BCUT2D eigenvalue weighted by atomic mass is 10.1. The summed E-state index contributed by atoms with van der Waals surface area (Å²) in [6, 6.07) is 0.847. The molecule has 0 radical (unpaired) electrons. The van der Waals surface area contributed by atoms with Crippen LogP contribution in [0.3, 0.4) is 0 Å². The third-order valence-corrected chi connectivity index (χ3v) is 2.20. The predicted molar refractivity (Wildman–Crippen MR) is 40.7 cm³/mol. The minimum atomic E-state index is -1.27. The zero-order valence-electron chi connectivity index (χ0n) is 6.60. The number of carbonyl (C=O) groups excluding carboxylic acids is 1. The molecule has 0 saturated carbocycles. The quantitative estimate of drug-likeness (QED) is 0.667. The average molecular weight is 184 g/mol. The summed E-state index contributed by atoms with van der Waals surface area (Å²) in [7, 11) is 0. The van der Waals surface area contributed by atoms with Crippen LogP contribution in [-0.2, 0) is 6.42 Å². The summed E-state index contributed by atoms with van der Waals surface area (Å²) < 4.78 is 25.5. The van der Waals surface area contributed by atoms with Crippen LogP contribution in [0.2, 0.25) is 0 Å². The molecule has 1 N–H and O–H groups in total. The van der Waals surface area contributed by atoms with E-state index in [1.54, 1.807) is 0 Å². The Morgan fingerprint density at radius 3 is 2.69 bits per heavy atom. The molecule has 0 heterocycles. The highest BCUT2D eigenvalue weighted by Crippen LogP contribution is 2.33. The third-order valence-electron chi connectivity index (χ3n) is 2.20. The van der Waals surface area contributed by atoms with Crippen LogP contribution in [0.1, 0.15) is 22.3 Å². The fourth-order valence-corrected chi connectivity index (χ4v) is 1.53. The van der Waals surface area contributed by atoms with Crippen molar-refractivity contribution >= 4 is 5.78 Å². The van der Waals surface area contributed by atoms with Crippen molar-refractivity contribution in [2.75, 3.05) is 0 Å². The Kier molecular flexibility index (Phi) is 1.58. The molecule has 2 nitrogen and oxygen atoms in total. The van der Waals surface area contributed by atoms with Crippen molar-refractivity contribution in [2.45, 2.75) is 12.8 Å². The van der Waals surface area contributed by atoms with Gasteiger partial charge < -0.3 is 5.11 Å². The van der Waals surface area contributed by atoms with Crippen LogP contribution in [-0.4, -0.2) is 10.9 Å². The number of ketones is 1. The van der Waals surface area contributed by atoms with Gasteiger partial charge in [0.15, 0.2) is 17.3 Å². The van der Waals surface area contributed by atoms with Gasteiger partial charge >= 0.3 is 0 Å². The second-order valence-electron chi connectivity index (χ2n) is 2.97. The molecule has 0 aromatic heterocycles. The van der Waals surface area contributed by atoms with Crippen LogP contribution in [0.4, 0.5) is 8.78 Å². The lowest BCUT2D eigenvalue weighted by molar-refractivity contribution is 0.0994. The topological polar surface area (TPSA) is 37.3 Å². The number of Topliss-reactive ketones (excluding diaryl/α,β-unsaturated/α-hetero) is 1. The van der Waals surface area contributed by atoms with E-state index in [1.807, 2.05) is 0 Å². The van der Waals surface area contributed by atoms with E-state index < -0.39 is 17.4 Å². The lowest BCUT2D eigenvalue weighted by Gasteiger charge is -2.02. The van der Waals surface area contributed by atoms with Crippen molar-refractivity contribution in [3.63, 3.8) is 0 Å². The van der Waals surface area contributed by atoms with E-state index in [0.29, 0.717) is 0 Å². The Morgan fingerprint density at radius 2 is 2.00 bits per heavy atom. The molecule has 0 unspecified atom stereocenters. The summed E-state index contributed by atoms with van der Waals surface area (Å²) in [5, 5.41) is 9.15. The van der Waals surface area contributed by atoms with E-state index in [0.717, 1.165) is 6.07 Å². The van der Waals surface area contributed by atoms with Gasteiger partial charge in [-0.3, -0.25) is 4.79 Å². The van der Waals surface area contributed by atoms with Crippen LogP contribution in [0.5, 0.6) is 5.75 Å². The SMILES string of the molecule is O=C1CCc2c1cc(F)c(F)c2O.